The van der Waals surface area contributed by atoms with E-state index in [0.29, 0.717) is 6.54 Å². The molecule has 2 rings (SSSR count). The highest BCUT2D eigenvalue weighted by atomic mass is 35.5. The van der Waals surface area contributed by atoms with Crippen molar-refractivity contribution in [1.82, 2.24) is 10.6 Å². The SMILES string of the molecule is CN=C(NCCCc1ccccc1Cl)NCc1ccc(OC)c(OC)c1. The lowest BCUT2D eigenvalue weighted by Gasteiger charge is -2.13. The summed E-state index contributed by atoms with van der Waals surface area (Å²) in [5.74, 6) is 2.20. The van der Waals surface area contributed by atoms with E-state index in [4.69, 9.17) is 21.1 Å². The van der Waals surface area contributed by atoms with Crippen molar-refractivity contribution >= 4 is 17.6 Å². The second kappa shape index (κ2) is 10.6. The molecule has 5 nitrogen and oxygen atoms in total. The zero-order valence-electron chi connectivity index (χ0n) is 15.5. The van der Waals surface area contributed by atoms with Crippen LogP contribution in [0.4, 0.5) is 0 Å². The minimum Gasteiger partial charge on any atom is -0.493 e. The van der Waals surface area contributed by atoms with E-state index in [1.54, 1.807) is 21.3 Å². The summed E-state index contributed by atoms with van der Waals surface area (Å²) in [6, 6.07) is 13.8. The maximum atomic E-state index is 6.18. The molecule has 0 aliphatic carbocycles. The Hall–Kier alpha value is -2.40. The number of guanidine groups is 1. The number of hydrogen-bond donors (Lipinski definition) is 2. The van der Waals surface area contributed by atoms with Crippen molar-refractivity contribution in [2.24, 2.45) is 4.99 Å². The van der Waals surface area contributed by atoms with Gasteiger partial charge in [0.2, 0.25) is 0 Å². The molecule has 0 aromatic heterocycles. The van der Waals surface area contributed by atoms with Crippen molar-refractivity contribution in [1.29, 1.82) is 0 Å². The van der Waals surface area contributed by atoms with Crippen molar-refractivity contribution in [3.05, 3.63) is 58.6 Å². The van der Waals surface area contributed by atoms with Gasteiger partial charge in [-0.15, -0.1) is 0 Å². The first kappa shape index (κ1) is 19.9. The van der Waals surface area contributed by atoms with Gasteiger partial charge in [0.15, 0.2) is 17.5 Å². The third-order valence-electron chi connectivity index (χ3n) is 4.00. The summed E-state index contributed by atoms with van der Waals surface area (Å²) < 4.78 is 10.6. The Balaban J connectivity index is 1.78. The maximum absolute atomic E-state index is 6.18. The van der Waals surface area contributed by atoms with Crippen LogP contribution in [0.2, 0.25) is 5.02 Å². The molecule has 0 heterocycles. The molecule has 26 heavy (non-hydrogen) atoms. The molecule has 140 valence electrons. The molecule has 0 spiro atoms. The Morgan fingerprint density at radius 1 is 1.04 bits per heavy atom. The number of aryl methyl sites for hydroxylation is 1. The fraction of sp³-hybridized carbons (Fsp3) is 0.350. The Labute approximate surface area is 160 Å². The van der Waals surface area contributed by atoms with Gasteiger partial charge in [-0.1, -0.05) is 35.9 Å². The first-order valence-electron chi connectivity index (χ1n) is 8.56. The van der Waals surface area contributed by atoms with E-state index in [1.165, 1.54) is 5.56 Å². The summed E-state index contributed by atoms with van der Waals surface area (Å²) in [4.78, 5) is 4.25. The Kier molecular flexibility index (Phi) is 8.09. The molecule has 0 atom stereocenters. The van der Waals surface area contributed by atoms with E-state index in [2.05, 4.69) is 21.7 Å². The molecule has 0 fully saturated rings. The summed E-state index contributed by atoms with van der Waals surface area (Å²) >= 11 is 6.18. The quantitative estimate of drug-likeness (QED) is 0.420. The van der Waals surface area contributed by atoms with Crippen LogP contribution in [0.3, 0.4) is 0 Å². The fourth-order valence-corrected chi connectivity index (χ4v) is 2.81. The van der Waals surface area contributed by atoms with Gasteiger partial charge in [0.1, 0.15) is 0 Å². The number of halogens is 1. The standard InChI is InChI=1S/C20H26ClN3O2/c1-22-20(23-12-6-8-16-7-4-5-9-17(16)21)24-14-15-10-11-18(25-2)19(13-15)26-3/h4-5,7,9-11,13H,6,8,12,14H2,1-3H3,(H2,22,23,24). The van der Waals surface area contributed by atoms with E-state index >= 15 is 0 Å². The van der Waals surface area contributed by atoms with Crippen molar-refractivity contribution in [3.63, 3.8) is 0 Å². The Morgan fingerprint density at radius 2 is 1.81 bits per heavy atom. The normalized spacial score (nSPS) is 11.2. The number of benzene rings is 2. The summed E-state index contributed by atoms with van der Waals surface area (Å²) in [5.41, 5.74) is 2.26. The molecule has 0 aliphatic rings. The molecule has 0 saturated heterocycles. The molecule has 0 bridgehead atoms. The number of aliphatic imine (C=N–C) groups is 1. The average Bonchev–Trinajstić information content (AvgIpc) is 2.68. The molecular weight excluding hydrogens is 350 g/mol. The molecule has 0 aliphatic heterocycles. The number of nitrogens with zero attached hydrogens (tertiary/aromatic N) is 1. The molecule has 0 radical (unpaired) electrons. The summed E-state index contributed by atoms with van der Waals surface area (Å²) in [5, 5.41) is 7.44. The second-order valence-corrected chi connectivity index (χ2v) is 6.14. The van der Waals surface area contributed by atoms with Gasteiger partial charge in [-0.2, -0.15) is 0 Å². The van der Waals surface area contributed by atoms with Gasteiger partial charge < -0.3 is 20.1 Å². The second-order valence-electron chi connectivity index (χ2n) is 5.74. The van der Waals surface area contributed by atoms with Crippen LogP contribution >= 0.6 is 11.6 Å². The first-order valence-corrected chi connectivity index (χ1v) is 8.94. The third kappa shape index (κ3) is 5.85. The van der Waals surface area contributed by atoms with Gasteiger partial charge in [0.25, 0.3) is 0 Å². The van der Waals surface area contributed by atoms with Crippen LogP contribution in [0, 0.1) is 0 Å². The first-order chi connectivity index (χ1) is 12.7. The number of hydrogen-bond acceptors (Lipinski definition) is 3. The van der Waals surface area contributed by atoms with E-state index in [0.717, 1.165) is 47.4 Å². The van der Waals surface area contributed by atoms with Crippen LogP contribution in [0.25, 0.3) is 0 Å². The van der Waals surface area contributed by atoms with Crippen LogP contribution in [0.1, 0.15) is 17.5 Å². The lowest BCUT2D eigenvalue weighted by atomic mass is 10.1. The Morgan fingerprint density at radius 3 is 2.50 bits per heavy atom. The predicted molar refractivity (Wildman–Crippen MR) is 108 cm³/mol. The highest BCUT2D eigenvalue weighted by Gasteiger charge is 2.05. The van der Waals surface area contributed by atoms with Gasteiger partial charge in [-0.25, -0.2) is 0 Å². The van der Waals surface area contributed by atoms with Crippen LogP contribution in [-0.4, -0.2) is 33.8 Å². The predicted octanol–water partition coefficient (Wildman–Crippen LogP) is 3.66. The van der Waals surface area contributed by atoms with E-state index in [-0.39, 0.29) is 0 Å². The van der Waals surface area contributed by atoms with Gasteiger partial charge in [-0.3, -0.25) is 4.99 Å². The molecule has 0 saturated carbocycles. The molecule has 2 aromatic carbocycles. The largest absolute Gasteiger partial charge is 0.493 e. The zero-order valence-corrected chi connectivity index (χ0v) is 16.3. The third-order valence-corrected chi connectivity index (χ3v) is 4.37. The summed E-state index contributed by atoms with van der Waals surface area (Å²) in [7, 11) is 5.02. The number of rotatable bonds is 8. The lowest BCUT2D eigenvalue weighted by molar-refractivity contribution is 0.354. The van der Waals surface area contributed by atoms with Gasteiger partial charge in [0.05, 0.1) is 14.2 Å². The number of methoxy groups -OCH3 is 2. The topological polar surface area (TPSA) is 54.9 Å². The Bertz CT molecular complexity index is 735. The van der Waals surface area contributed by atoms with Crippen molar-refractivity contribution < 1.29 is 9.47 Å². The molecule has 0 unspecified atom stereocenters. The van der Waals surface area contributed by atoms with Crippen LogP contribution in [0.5, 0.6) is 11.5 Å². The number of nitrogens with one attached hydrogen (secondary N) is 2. The van der Waals surface area contributed by atoms with E-state index in [1.807, 2.05) is 36.4 Å². The lowest BCUT2D eigenvalue weighted by Crippen LogP contribution is -2.37. The molecule has 2 N–H and O–H groups in total. The van der Waals surface area contributed by atoms with Crippen molar-refractivity contribution in [2.75, 3.05) is 27.8 Å². The molecule has 0 amide bonds. The molecule has 6 heteroatoms. The van der Waals surface area contributed by atoms with Crippen LogP contribution in [-0.2, 0) is 13.0 Å². The van der Waals surface area contributed by atoms with Crippen LogP contribution in [0.15, 0.2) is 47.5 Å². The zero-order chi connectivity index (χ0) is 18.8. The smallest absolute Gasteiger partial charge is 0.191 e. The highest BCUT2D eigenvalue weighted by Crippen LogP contribution is 2.27. The van der Waals surface area contributed by atoms with Gasteiger partial charge in [-0.05, 0) is 42.2 Å². The molecule has 2 aromatic rings. The van der Waals surface area contributed by atoms with Gasteiger partial charge in [0, 0.05) is 25.2 Å². The minimum atomic E-state index is 0.643. The summed E-state index contributed by atoms with van der Waals surface area (Å²) in [6.07, 6.45) is 1.90. The summed E-state index contributed by atoms with van der Waals surface area (Å²) in [6.45, 7) is 1.46. The number of ether oxygens (including phenoxy) is 2. The van der Waals surface area contributed by atoms with Gasteiger partial charge >= 0.3 is 0 Å². The molecular formula is C20H26ClN3O2. The minimum absolute atomic E-state index is 0.643. The average molecular weight is 376 g/mol. The van der Waals surface area contributed by atoms with E-state index < -0.39 is 0 Å². The fourth-order valence-electron chi connectivity index (χ4n) is 2.58. The van der Waals surface area contributed by atoms with Crippen LogP contribution < -0.4 is 20.1 Å². The highest BCUT2D eigenvalue weighted by molar-refractivity contribution is 6.31. The monoisotopic (exact) mass is 375 g/mol. The van der Waals surface area contributed by atoms with Crippen molar-refractivity contribution in [3.8, 4) is 11.5 Å². The van der Waals surface area contributed by atoms with Crippen molar-refractivity contribution in [2.45, 2.75) is 19.4 Å². The van der Waals surface area contributed by atoms with E-state index in [9.17, 15) is 0 Å². The maximum Gasteiger partial charge on any atom is 0.191 e.